The number of H-pyrrole nitrogens is 1. The van der Waals surface area contributed by atoms with Crippen LogP contribution in [0, 0.1) is 6.92 Å². The molecule has 2 aromatic carbocycles. The van der Waals surface area contributed by atoms with Gasteiger partial charge < -0.3 is 14.6 Å². The van der Waals surface area contributed by atoms with Crippen LogP contribution in [-0.2, 0) is 5.54 Å². The molecule has 2 aromatic heterocycles. The minimum absolute atomic E-state index is 0.0218. The number of nitrogens with one attached hydrogen (secondary N) is 1. The molecule has 5 rings (SSSR count). The first-order valence-electron chi connectivity index (χ1n) is 10.8. The van der Waals surface area contributed by atoms with Crippen LogP contribution in [-0.4, -0.2) is 48.7 Å². The lowest BCUT2D eigenvalue weighted by atomic mass is 9.97. The topological polar surface area (TPSA) is 88.9 Å². The first kappa shape index (κ1) is 23.2. The number of aromatic nitrogens is 5. The molecule has 1 aliphatic heterocycles. The third-order valence-electron chi connectivity index (χ3n) is 6.30. The van der Waals surface area contributed by atoms with E-state index in [-0.39, 0.29) is 11.3 Å². The summed E-state index contributed by atoms with van der Waals surface area (Å²) in [5.74, 6) is -0.419. The van der Waals surface area contributed by atoms with Crippen molar-refractivity contribution in [3.8, 4) is 11.4 Å². The van der Waals surface area contributed by atoms with Crippen molar-refractivity contribution < 1.29 is 22.7 Å². The number of rotatable bonds is 4. The van der Waals surface area contributed by atoms with Crippen LogP contribution in [0.5, 0.6) is 5.75 Å². The van der Waals surface area contributed by atoms with Gasteiger partial charge in [-0.1, -0.05) is 11.6 Å². The van der Waals surface area contributed by atoms with Crippen LogP contribution in [0.15, 0.2) is 42.7 Å². The van der Waals surface area contributed by atoms with Gasteiger partial charge in [0.15, 0.2) is 0 Å². The minimum atomic E-state index is -4.90. The highest BCUT2D eigenvalue weighted by Gasteiger charge is 2.44. The SMILES string of the molecule is Cc1c(Cl)ccc2[nH]c([C@]3(C)CCCN3C(=O)c3cc(OC(F)(F)F)ccc3-n3nccn3)nc12. The van der Waals surface area contributed by atoms with Crippen LogP contribution in [0.25, 0.3) is 16.7 Å². The molecule has 4 aromatic rings. The van der Waals surface area contributed by atoms with Crippen molar-refractivity contribution in [3.63, 3.8) is 0 Å². The van der Waals surface area contributed by atoms with E-state index in [1.165, 1.54) is 23.3 Å². The molecule has 35 heavy (non-hydrogen) atoms. The molecule has 0 aliphatic carbocycles. The van der Waals surface area contributed by atoms with E-state index >= 15 is 0 Å². The van der Waals surface area contributed by atoms with Gasteiger partial charge in [0.1, 0.15) is 11.6 Å². The summed E-state index contributed by atoms with van der Waals surface area (Å²) in [7, 11) is 0. The van der Waals surface area contributed by atoms with Crippen molar-refractivity contribution in [2.75, 3.05) is 6.54 Å². The normalized spacial score (nSPS) is 18.4. The average molecular weight is 505 g/mol. The third-order valence-corrected chi connectivity index (χ3v) is 6.71. The Morgan fingerprint density at radius 2 is 1.94 bits per heavy atom. The second-order valence-electron chi connectivity index (χ2n) is 8.53. The summed E-state index contributed by atoms with van der Waals surface area (Å²) in [6.07, 6.45) is -0.777. The van der Waals surface area contributed by atoms with Crippen LogP contribution < -0.4 is 4.74 Å². The fraction of sp³-hybridized carbons (Fsp3) is 0.304. The Morgan fingerprint density at radius 1 is 1.20 bits per heavy atom. The molecule has 1 fully saturated rings. The zero-order valence-electron chi connectivity index (χ0n) is 18.7. The summed E-state index contributed by atoms with van der Waals surface area (Å²) in [5.41, 5.74) is 1.68. The molecule has 0 radical (unpaired) electrons. The number of hydrogen-bond donors (Lipinski definition) is 1. The van der Waals surface area contributed by atoms with E-state index in [2.05, 4.69) is 19.9 Å². The largest absolute Gasteiger partial charge is 0.573 e. The molecular weight excluding hydrogens is 485 g/mol. The molecule has 0 saturated carbocycles. The number of fused-ring (bicyclic) bond motifs is 1. The molecule has 0 spiro atoms. The predicted molar refractivity (Wildman–Crippen MR) is 122 cm³/mol. The number of carbonyl (C=O) groups is 1. The summed E-state index contributed by atoms with van der Waals surface area (Å²) in [5, 5.41) is 8.67. The number of ether oxygens (including phenoxy) is 1. The number of imidazole rings is 1. The summed E-state index contributed by atoms with van der Waals surface area (Å²) < 4.78 is 42.7. The summed E-state index contributed by atoms with van der Waals surface area (Å²) in [6, 6.07) is 7.11. The quantitative estimate of drug-likeness (QED) is 0.415. The lowest BCUT2D eigenvalue weighted by molar-refractivity contribution is -0.274. The highest BCUT2D eigenvalue weighted by Crippen LogP contribution is 2.40. The van der Waals surface area contributed by atoms with Crippen LogP contribution in [0.3, 0.4) is 0 Å². The Bertz CT molecular complexity index is 1420. The maximum absolute atomic E-state index is 13.9. The van der Waals surface area contributed by atoms with E-state index in [9.17, 15) is 18.0 Å². The lowest BCUT2D eigenvalue weighted by Gasteiger charge is -2.34. The molecular formula is C23H20ClF3N6O2. The molecule has 1 aliphatic rings. The maximum Gasteiger partial charge on any atom is 0.573 e. The van der Waals surface area contributed by atoms with Crippen LogP contribution in [0.2, 0.25) is 5.02 Å². The van der Waals surface area contributed by atoms with E-state index in [0.29, 0.717) is 35.8 Å². The predicted octanol–water partition coefficient (Wildman–Crippen LogP) is 5.16. The summed E-state index contributed by atoms with van der Waals surface area (Å²) in [6.45, 7) is 4.14. The molecule has 12 heteroatoms. The standard InChI is InChI=1S/C23H20ClF3N6O2/c1-13-16(24)5-6-17-19(13)31-21(30-17)22(2)8-3-11-32(22)20(34)15-12-14(35-23(25,26)27)4-7-18(15)33-28-9-10-29-33/h4-7,9-10,12H,3,8,11H2,1-2H3,(H,30,31)/t22-/m0/s1. The van der Waals surface area contributed by atoms with Crippen molar-refractivity contribution in [2.24, 2.45) is 0 Å². The van der Waals surface area contributed by atoms with Crippen LogP contribution in [0.4, 0.5) is 13.2 Å². The van der Waals surface area contributed by atoms with Crippen molar-refractivity contribution in [1.82, 2.24) is 29.9 Å². The number of nitrogens with zero attached hydrogens (tertiary/aromatic N) is 5. The van der Waals surface area contributed by atoms with Gasteiger partial charge in [-0.05, 0) is 62.6 Å². The average Bonchev–Trinajstić information content (AvgIpc) is 3.55. The molecule has 1 atom stereocenters. The van der Waals surface area contributed by atoms with Crippen molar-refractivity contribution >= 4 is 28.5 Å². The first-order chi connectivity index (χ1) is 16.6. The highest BCUT2D eigenvalue weighted by molar-refractivity contribution is 6.32. The summed E-state index contributed by atoms with van der Waals surface area (Å²) >= 11 is 6.25. The molecule has 8 nitrogen and oxygen atoms in total. The fourth-order valence-electron chi connectivity index (χ4n) is 4.52. The van der Waals surface area contributed by atoms with E-state index < -0.39 is 23.6 Å². The number of aryl methyl sites for hydroxylation is 1. The molecule has 0 unspecified atom stereocenters. The number of halogens is 4. The number of benzene rings is 2. The van der Waals surface area contributed by atoms with Crippen LogP contribution >= 0.6 is 11.6 Å². The lowest BCUT2D eigenvalue weighted by Crippen LogP contribution is -2.44. The Balaban J connectivity index is 1.58. The second-order valence-corrected chi connectivity index (χ2v) is 8.94. The smallest absolute Gasteiger partial charge is 0.406 e. The highest BCUT2D eigenvalue weighted by atomic mass is 35.5. The van der Waals surface area contributed by atoms with Gasteiger partial charge in [0.05, 0.1) is 40.2 Å². The van der Waals surface area contributed by atoms with E-state index in [0.717, 1.165) is 23.2 Å². The number of carbonyl (C=O) groups excluding carboxylic acids is 1. The van der Waals surface area contributed by atoms with E-state index in [1.807, 2.05) is 19.9 Å². The number of hydrogen-bond acceptors (Lipinski definition) is 5. The van der Waals surface area contributed by atoms with Crippen molar-refractivity contribution in [1.29, 1.82) is 0 Å². The Labute approximate surface area is 202 Å². The van der Waals surface area contributed by atoms with Gasteiger partial charge in [0, 0.05) is 11.6 Å². The van der Waals surface area contributed by atoms with Crippen molar-refractivity contribution in [2.45, 2.75) is 38.6 Å². The van der Waals surface area contributed by atoms with Gasteiger partial charge in [-0.25, -0.2) is 4.98 Å². The van der Waals surface area contributed by atoms with Gasteiger partial charge in [0.25, 0.3) is 5.91 Å². The molecule has 1 N–H and O–H groups in total. The van der Waals surface area contributed by atoms with Crippen molar-refractivity contribution in [3.05, 3.63) is 64.7 Å². The van der Waals surface area contributed by atoms with Gasteiger partial charge >= 0.3 is 6.36 Å². The van der Waals surface area contributed by atoms with E-state index in [4.69, 9.17) is 16.6 Å². The monoisotopic (exact) mass is 504 g/mol. The maximum atomic E-state index is 13.9. The number of alkyl halides is 3. The zero-order valence-corrected chi connectivity index (χ0v) is 19.5. The Hall–Kier alpha value is -3.60. The first-order valence-corrected chi connectivity index (χ1v) is 11.2. The van der Waals surface area contributed by atoms with Gasteiger partial charge in [-0.2, -0.15) is 15.0 Å². The van der Waals surface area contributed by atoms with Gasteiger partial charge in [-0.15, -0.1) is 13.2 Å². The van der Waals surface area contributed by atoms with Gasteiger partial charge in [-0.3, -0.25) is 4.79 Å². The number of amides is 1. The van der Waals surface area contributed by atoms with E-state index in [1.54, 1.807) is 11.0 Å². The number of aromatic amines is 1. The molecule has 0 bridgehead atoms. The molecule has 1 saturated heterocycles. The second kappa shape index (κ2) is 8.26. The zero-order chi connectivity index (χ0) is 25.0. The molecule has 3 heterocycles. The number of likely N-dealkylation sites (tertiary alicyclic amines) is 1. The molecule has 182 valence electrons. The van der Waals surface area contributed by atoms with Gasteiger partial charge in [0.2, 0.25) is 0 Å². The summed E-state index contributed by atoms with van der Waals surface area (Å²) in [4.78, 5) is 24.7. The Kier molecular flexibility index (Phi) is 5.47. The molecule has 1 amide bonds. The fourth-order valence-corrected chi connectivity index (χ4v) is 4.67. The third kappa shape index (κ3) is 4.09. The van der Waals surface area contributed by atoms with Crippen LogP contribution in [0.1, 0.15) is 41.5 Å². The minimum Gasteiger partial charge on any atom is -0.406 e. The Morgan fingerprint density at radius 3 is 2.66 bits per heavy atom.